The maximum atomic E-state index is 4.64. The molecule has 0 N–H and O–H groups in total. The summed E-state index contributed by atoms with van der Waals surface area (Å²) in [7, 11) is 0. The highest BCUT2D eigenvalue weighted by molar-refractivity contribution is 6.02. The summed E-state index contributed by atoms with van der Waals surface area (Å²) in [5.41, 5.74) is 4.54. The van der Waals surface area contributed by atoms with Crippen LogP contribution in [-0.2, 0) is 5.41 Å². The Kier molecular flexibility index (Phi) is 2.56. The highest BCUT2D eigenvalue weighted by atomic mass is 14.7. The summed E-state index contributed by atoms with van der Waals surface area (Å²) in [5, 5.41) is 2.32. The van der Waals surface area contributed by atoms with Gasteiger partial charge < -0.3 is 0 Å². The zero-order valence-electron chi connectivity index (χ0n) is 11.9. The van der Waals surface area contributed by atoms with Gasteiger partial charge in [0, 0.05) is 23.2 Å². The monoisotopic (exact) mass is 250 g/mol. The van der Waals surface area contributed by atoms with E-state index in [2.05, 4.69) is 61.9 Å². The fourth-order valence-corrected chi connectivity index (χ4v) is 2.31. The lowest BCUT2D eigenvalue weighted by molar-refractivity contribution is 0.589. The second-order valence-electron chi connectivity index (χ2n) is 6.20. The Balaban J connectivity index is 2.33. The third-order valence-corrected chi connectivity index (χ3v) is 3.50. The maximum Gasteiger partial charge on any atom is 0.0964 e. The van der Waals surface area contributed by atoms with Gasteiger partial charge >= 0.3 is 0 Å². The molecule has 0 unspecified atom stereocenters. The third-order valence-electron chi connectivity index (χ3n) is 3.50. The number of rotatable bonds is 0. The first-order chi connectivity index (χ1) is 8.95. The summed E-state index contributed by atoms with van der Waals surface area (Å²) in [6.45, 7) is 8.68. The first-order valence-electron chi connectivity index (χ1n) is 6.61. The van der Waals surface area contributed by atoms with Gasteiger partial charge in [-0.05, 0) is 35.6 Å². The molecule has 0 spiro atoms. The van der Waals surface area contributed by atoms with Crippen LogP contribution in [0.15, 0.2) is 36.7 Å². The van der Waals surface area contributed by atoms with E-state index in [9.17, 15) is 0 Å². The summed E-state index contributed by atoms with van der Waals surface area (Å²) in [4.78, 5) is 9.18. The van der Waals surface area contributed by atoms with Crippen LogP contribution in [0.3, 0.4) is 0 Å². The molecule has 2 nitrogen and oxygen atoms in total. The predicted molar refractivity (Wildman–Crippen MR) is 80.5 cm³/mol. The molecule has 0 saturated carbocycles. The average Bonchev–Trinajstić information content (AvgIpc) is 2.36. The molecule has 96 valence electrons. The van der Waals surface area contributed by atoms with Crippen LogP contribution < -0.4 is 0 Å². The largest absolute Gasteiger partial charge is 0.254 e. The van der Waals surface area contributed by atoms with Crippen molar-refractivity contribution in [1.29, 1.82) is 0 Å². The summed E-state index contributed by atoms with van der Waals surface area (Å²) in [6.07, 6.45) is 3.88. The van der Waals surface area contributed by atoms with E-state index in [1.54, 1.807) is 0 Å². The van der Waals surface area contributed by atoms with E-state index in [4.69, 9.17) is 0 Å². The van der Waals surface area contributed by atoms with Gasteiger partial charge in [0.25, 0.3) is 0 Å². The van der Waals surface area contributed by atoms with E-state index in [0.717, 1.165) is 21.8 Å². The summed E-state index contributed by atoms with van der Waals surface area (Å²) in [5.74, 6) is 0. The van der Waals surface area contributed by atoms with Gasteiger partial charge in [-0.3, -0.25) is 9.97 Å². The normalized spacial score (nSPS) is 12.2. The van der Waals surface area contributed by atoms with E-state index in [0.29, 0.717) is 0 Å². The molecule has 2 aromatic heterocycles. The van der Waals surface area contributed by atoms with Crippen LogP contribution in [0.4, 0.5) is 0 Å². The lowest BCUT2D eigenvalue weighted by atomic mass is 9.87. The van der Waals surface area contributed by atoms with Crippen LogP contribution in [0.2, 0.25) is 0 Å². The zero-order chi connectivity index (χ0) is 13.6. The smallest absolute Gasteiger partial charge is 0.0964 e. The zero-order valence-corrected chi connectivity index (χ0v) is 11.9. The second kappa shape index (κ2) is 4.02. The maximum absolute atomic E-state index is 4.64. The van der Waals surface area contributed by atoms with Crippen molar-refractivity contribution in [2.75, 3.05) is 0 Å². The molecule has 0 aliphatic rings. The van der Waals surface area contributed by atoms with E-state index in [-0.39, 0.29) is 5.41 Å². The Morgan fingerprint density at radius 1 is 0.842 bits per heavy atom. The molecular formula is C17H18N2. The minimum Gasteiger partial charge on any atom is -0.254 e. The highest BCUT2D eigenvalue weighted by Gasteiger charge is 2.15. The molecule has 19 heavy (non-hydrogen) atoms. The van der Waals surface area contributed by atoms with Crippen LogP contribution in [0.1, 0.15) is 31.9 Å². The van der Waals surface area contributed by atoms with E-state index < -0.39 is 0 Å². The molecule has 1 aromatic carbocycles. The molecule has 0 atom stereocenters. The molecule has 3 aromatic rings. The van der Waals surface area contributed by atoms with Gasteiger partial charge in [0.05, 0.1) is 11.0 Å². The van der Waals surface area contributed by atoms with Gasteiger partial charge in [-0.25, -0.2) is 0 Å². The van der Waals surface area contributed by atoms with Crippen molar-refractivity contribution in [3.8, 4) is 0 Å². The van der Waals surface area contributed by atoms with E-state index >= 15 is 0 Å². The van der Waals surface area contributed by atoms with Crippen LogP contribution in [-0.4, -0.2) is 9.97 Å². The number of aromatic nitrogens is 2. The van der Waals surface area contributed by atoms with Crippen LogP contribution in [0, 0.1) is 6.92 Å². The topological polar surface area (TPSA) is 25.8 Å². The van der Waals surface area contributed by atoms with Gasteiger partial charge in [0.15, 0.2) is 0 Å². The fraction of sp³-hybridized carbons (Fsp3) is 0.294. The van der Waals surface area contributed by atoms with Crippen molar-refractivity contribution in [1.82, 2.24) is 9.97 Å². The highest BCUT2D eigenvalue weighted by Crippen LogP contribution is 2.27. The number of benzene rings is 1. The lowest BCUT2D eigenvalue weighted by Crippen LogP contribution is -2.11. The molecule has 0 bridgehead atoms. The van der Waals surface area contributed by atoms with Crippen molar-refractivity contribution in [2.24, 2.45) is 0 Å². The van der Waals surface area contributed by atoms with Crippen molar-refractivity contribution in [2.45, 2.75) is 33.1 Å². The number of hydrogen-bond acceptors (Lipinski definition) is 2. The molecule has 0 radical (unpaired) electrons. The minimum absolute atomic E-state index is 0.122. The van der Waals surface area contributed by atoms with Crippen molar-refractivity contribution < 1.29 is 0 Å². The van der Waals surface area contributed by atoms with Gasteiger partial charge in [-0.15, -0.1) is 0 Å². The van der Waals surface area contributed by atoms with Crippen LogP contribution >= 0.6 is 0 Å². The molecule has 2 heterocycles. The SMILES string of the molecule is Cc1cnc2c(ccc3cc(C(C)(C)C)cnc32)c1. The van der Waals surface area contributed by atoms with E-state index in [1.807, 2.05) is 12.4 Å². The number of fused-ring (bicyclic) bond motifs is 3. The number of hydrogen-bond donors (Lipinski definition) is 0. The number of pyridine rings is 2. The number of aryl methyl sites for hydroxylation is 1. The van der Waals surface area contributed by atoms with Gasteiger partial charge in [-0.2, -0.15) is 0 Å². The van der Waals surface area contributed by atoms with Crippen LogP contribution in [0.5, 0.6) is 0 Å². The van der Waals surface area contributed by atoms with E-state index in [1.165, 1.54) is 11.1 Å². The molecule has 3 rings (SSSR count). The Morgan fingerprint density at radius 3 is 2.05 bits per heavy atom. The molecule has 2 heteroatoms. The molecule has 0 aliphatic heterocycles. The van der Waals surface area contributed by atoms with Crippen molar-refractivity contribution in [3.63, 3.8) is 0 Å². The summed E-state index contributed by atoms with van der Waals surface area (Å²) >= 11 is 0. The van der Waals surface area contributed by atoms with Crippen LogP contribution in [0.25, 0.3) is 21.8 Å². The van der Waals surface area contributed by atoms with Gasteiger partial charge in [-0.1, -0.05) is 32.9 Å². The average molecular weight is 250 g/mol. The minimum atomic E-state index is 0.122. The second-order valence-corrected chi connectivity index (χ2v) is 6.20. The Bertz CT molecular complexity index is 767. The van der Waals surface area contributed by atoms with Gasteiger partial charge in [0.1, 0.15) is 0 Å². The predicted octanol–water partition coefficient (Wildman–Crippen LogP) is 4.39. The molecule has 0 amide bonds. The summed E-state index contributed by atoms with van der Waals surface area (Å²) < 4.78 is 0. The first-order valence-corrected chi connectivity index (χ1v) is 6.61. The lowest BCUT2D eigenvalue weighted by Gasteiger charge is -2.19. The molecule has 0 fully saturated rings. The Hall–Kier alpha value is -1.96. The quantitative estimate of drug-likeness (QED) is 0.553. The fourth-order valence-electron chi connectivity index (χ4n) is 2.31. The first kappa shape index (κ1) is 12.1. The summed E-state index contributed by atoms with van der Waals surface area (Å²) in [6, 6.07) is 8.65. The van der Waals surface area contributed by atoms with Crippen molar-refractivity contribution >= 4 is 21.8 Å². The standard InChI is InChI=1S/C17H18N2/c1-11-7-12-5-6-13-8-14(17(2,3)4)10-19-16(13)15(12)18-9-11/h5-10H,1-4H3. The molecule has 0 aliphatic carbocycles. The Labute approximate surface area is 113 Å². The Morgan fingerprint density at radius 2 is 1.42 bits per heavy atom. The third kappa shape index (κ3) is 2.07. The molecular weight excluding hydrogens is 232 g/mol. The number of nitrogens with zero attached hydrogens (tertiary/aromatic N) is 2. The molecule has 0 saturated heterocycles. The van der Waals surface area contributed by atoms with Gasteiger partial charge in [0.2, 0.25) is 0 Å². The van der Waals surface area contributed by atoms with Crippen molar-refractivity contribution in [3.05, 3.63) is 47.8 Å².